The van der Waals surface area contributed by atoms with Crippen LogP contribution in [0.15, 0.2) is 40.3 Å². The fourth-order valence-electron chi connectivity index (χ4n) is 5.70. The summed E-state index contributed by atoms with van der Waals surface area (Å²) >= 11 is 0. The first kappa shape index (κ1) is 23.5. The fraction of sp³-hybridized carbons (Fsp3) is 0.522. The van der Waals surface area contributed by atoms with Crippen LogP contribution in [0.3, 0.4) is 0 Å². The van der Waals surface area contributed by atoms with Crippen molar-refractivity contribution in [2.75, 3.05) is 24.5 Å². The number of para-hydroxylation sites is 1. The second-order valence-electron chi connectivity index (χ2n) is 10.5. The van der Waals surface area contributed by atoms with Crippen molar-refractivity contribution in [3.05, 3.63) is 30.3 Å². The third-order valence-corrected chi connectivity index (χ3v) is 8.15. The van der Waals surface area contributed by atoms with Crippen molar-refractivity contribution in [2.24, 2.45) is 26.9 Å². The molecular weight excluding hydrogens is 482 g/mol. The summed E-state index contributed by atoms with van der Waals surface area (Å²) in [6.07, 6.45) is 1.43. The Labute approximate surface area is 212 Å². The van der Waals surface area contributed by atoms with Crippen LogP contribution in [0.2, 0.25) is 0 Å². The molecule has 0 radical (unpaired) electrons. The lowest BCUT2D eigenvalue weighted by atomic mass is 9.84. The second kappa shape index (κ2) is 7.55. The predicted octanol–water partition coefficient (Wildman–Crippen LogP) is -2.58. The number of carbonyl (C=O) groups is 3. The van der Waals surface area contributed by atoms with E-state index in [-0.39, 0.29) is 37.5 Å². The Bertz CT molecular complexity index is 1250. The third kappa shape index (κ3) is 3.21. The SMILES string of the molecule is CC1(C(=O)N[C@H]2CN3C(N)=N[C@@H](CN4C(=O)CN(c5ccccc5)C4=O)[C@@H]4N=C(N)N[C@@]43C2(O)O)CC1. The summed E-state index contributed by atoms with van der Waals surface area (Å²) < 4.78 is 0. The number of hydrogen-bond acceptors (Lipinski definition) is 11. The Morgan fingerprint density at radius 3 is 2.57 bits per heavy atom. The molecule has 1 aliphatic carbocycles. The zero-order valence-electron chi connectivity index (χ0n) is 20.2. The number of nitrogens with two attached hydrogens (primary N) is 2. The van der Waals surface area contributed by atoms with Crippen LogP contribution < -0.4 is 27.0 Å². The summed E-state index contributed by atoms with van der Waals surface area (Å²) in [5.41, 5.74) is 10.6. The number of anilines is 1. The highest BCUT2D eigenvalue weighted by molar-refractivity contribution is 6.12. The molecule has 3 fully saturated rings. The number of guanidine groups is 2. The molecule has 1 aromatic rings. The highest BCUT2D eigenvalue weighted by Crippen LogP contribution is 2.48. The Balaban J connectivity index is 1.30. The van der Waals surface area contributed by atoms with Gasteiger partial charge in [0, 0.05) is 17.6 Å². The van der Waals surface area contributed by atoms with Gasteiger partial charge in [0.05, 0.1) is 12.6 Å². The first-order valence-electron chi connectivity index (χ1n) is 12.1. The quantitative estimate of drug-likeness (QED) is 0.181. The summed E-state index contributed by atoms with van der Waals surface area (Å²) in [4.78, 5) is 51.5. The number of nitrogens with zero attached hydrogens (tertiary/aromatic N) is 5. The van der Waals surface area contributed by atoms with Gasteiger partial charge in [0.15, 0.2) is 17.6 Å². The van der Waals surface area contributed by atoms with E-state index in [1.807, 2.05) is 13.0 Å². The van der Waals surface area contributed by atoms with Crippen LogP contribution in [0.5, 0.6) is 0 Å². The summed E-state index contributed by atoms with van der Waals surface area (Å²) in [6.45, 7) is 1.40. The smallest absolute Gasteiger partial charge is 0.331 e. The lowest BCUT2D eigenvalue weighted by Crippen LogP contribution is -2.78. The zero-order chi connectivity index (χ0) is 26.3. The van der Waals surface area contributed by atoms with Crippen molar-refractivity contribution in [3.8, 4) is 0 Å². The molecule has 1 aromatic carbocycles. The largest absolute Gasteiger partial charge is 0.370 e. The molecule has 4 aliphatic heterocycles. The van der Waals surface area contributed by atoms with Crippen molar-refractivity contribution in [3.63, 3.8) is 0 Å². The number of amides is 4. The van der Waals surface area contributed by atoms with Gasteiger partial charge in [0.2, 0.25) is 11.7 Å². The minimum Gasteiger partial charge on any atom is -0.370 e. The monoisotopic (exact) mass is 511 g/mol. The van der Waals surface area contributed by atoms with Gasteiger partial charge < -0.3 is 37.2 Å². The first-order chi connectivity index (χ1) is 17.5. The number of urea groups is 1. The summed E-state index contributed by atoms with van der Waals surface area (Å²) in [6, 6.07) is 5.17. The molecular formula is C23H29N9O5. The summed E-state index contributed by atoms with van der Waals surface area (Å²) in [7, 11) is 0. The van der Waals surface area contributed by atoms with Gasteiger partial charge in [-0.2, -0.15) is 0 Å². The van der Waals surface area contributed by atoms with E-state index in [4.69, 9.17) is 11.5 Å². The van der Waals surface area contributed by atoms with Gasteiger partial charge >= 0.3 is 6.03 Å². The van der Waals surface area contributed by atoms with Crippen LogP contribution in [0.4, 0.5) is 10.5 Å². The molecule has 5 aliphatic rings. The maximum atomic E-state index is 13.2. The average Bonchev–Trinajstić information content (AvgIpc) is 3.33. The van der Waals surface area contributed by atoms with E-state index in [1.165, 1.54) is 9.80 Å². The van der Waals surface area contributed by atoms with Crippen molar-refractivity contribution >= 4 is 35.5 Å². The Kier molecular flexibility index (Phi) is 4.79. The number of benzene rings is 1. The van der Waals surface area contributed by atoms with Crippen LogP contribution in [-0.2, 0) is 9.59 Å². The fourth-order valence-corrected chi connectivity index (χ4v) is 5.70. The molecule has 4 heterocycles. The molecule has 8 N–H and O–H groups in total. The molecule has 196 valence electrons. The number of carbonyl (C=O) groups excluding carboxylic acids is 3. The van der Waals surface area contributed by atoms with E-state index in [1.54, 1.807) is 24.3 Å². The van der Waals surface area contributed by atoms with E-state index < -0.39 is 46.9 Å². The van der Waals surface area contributed by atoms with Crippen LogP contribution in [0.1, 0.15) is 19.8 Å². The summed E-state index contributed by atoms with van der Waals surface area (Å²) in [5.74, 6) is -3.43. The van der Waals surface area contributed by atoms with Gasteiger partial charge in [0.1, 0.15) is 18.6 Å². The van der Waals surface area contributed by atoms with Gasteiger partial charge in [-0.15, -0.1) is 0 Å². The van der Waals surface area contributed by atoms with Crippen molar-refractivity contribution in [1.82, 2.24) is 20.4 Å². The van der Waals surface area contributed by atoms with Crippen molar-refractivity contribution in [2.45, 2.75) is 49.3 Å². The van der Waals surface area contributed by atoms with Gasteiger partial charge in [-0.05, 0) is 25.0 Å². The Morgan fingerprint density at radius 2 is 1.89 bits per heavy atom. The van der Waals surface area contributed by atoms with Crippen LogP contribution in [0, 0.1) is 5.41 Å². The molecule has 4 atom stereocenters. The number of aliphatic hydroxyl groups is 2. The number of rotatable bonds is 5. The predicted molar refractivity (Wildman–Crippen MR) is 131 cm³/mol. The van der Waals surface area contributed by atoms with Gasteiger partial charge in [0.25, 0.3) is 5.91 Å². The Hall–Kier alpha value is -3.91. The molecule has 14 heteroatoms. The lowest BCUT2D eigenvalue weighted by molar-refractivity contribution is -0.232. The molecule has 14 nitrogen and oxygen atoms in total. The number of imide groups is 1. The lowest BCUT2D eigenvalue weighted by Gasteiger charge is -2.49. The van der Waals surface area contributed by atoms with Crippen molar-refractivity contribution < 1.29 is 24.6 Å². The molecule has 37 heavy (non-hydrogen) atoms. The molecule has 0 aromatic heterocycles. The Morgan fingerprint density at radius 1 is 1.19 bits per heavy atom. The average molecular weight is 512 g/mol. The number of hydrogen-bond donors (Lipinski definition) is 6. The van der Waals surface area contributed by atoms with Crippen LogP contribution >= 0.6 is 0 Å². The van der Waals surface area contributed by atoms with Crippen LogP contribution in [0.25, 0.3) is 0 Å². The van der Waals surface area contributed by atoms with Gasteiger partial charge in [-0.3, -0.25) is 19.4 Å². The zero-order valence-corrected chi connectivity index (χ0v) is 20.2. The molecule has 0 unspecified atom stereocenters. The van der Waals surface area contributed by atoms with E-state index >= 15 is 0 Å². The highest BCUT2D eigenvalue weighted by Gasteiger charge is 2.74. The highest BCUT2D eigenvalue weighted by atomic mass is 16.5. The number of nitrogens with one attached hydrogen (secondary N) is 2. The second-order valence-corrected chi connectivity index (χ2v) is 10.5. The standard InChI is InChI=1S/C23H29N9O5/c1-21(7-8-21)17(34)27-14-10-32-19(25)26-13(16-22(32,23(14,36)37)29-18(24)28-16)9-31-15(33)11-30(20(31)35)12-5-3-2-4-6-12/h2-6,13-14,16,36-37H,7-11H2,1H3,(H2,25,26)(H,27,34)(H3,24,28,29)/t13-,14-,16-,22-/m0/s1. The van der Waals surface area contributed by atoms with Crippen LogP contribution in [-0.4, -0.2) is 99.0 Å². The molecule has 4 amide bonds. The third-order valence-electron chi connectivity index (χ3n) is 8.15. The van der Waals surface area contributed by atoms with E-state index in [0.717, 1.165) is 4.90 Å². The molecule has 6 rings (SSSR count). The van der Waals surface area contributed by atoms with E-state index in [0.29, 0.717) is 18.5 Å². The van der Waals surface area contributed by atoms with Gasteiger partial charge in [-0.25, -0.2) is 14.8 Å². The minimum absolute atomic E-state index is 0.0560. The molecule has 1 saturated carbocycles. The first-order valence-corrected chi connectivity index (χ1v) is 12.1. The normalized spacial score (nSPS) is 32.9. The molecule has 0 bridgehead atoms. The molecule has 2 saturated heterocycles. The topological polar surface area (TPSA) is 202 Å². The maximum absolute atomic E-state index is 13.2. The van der Waals surface area contributed by atoms with E-state index in [9.17, 15) is 24.6 Å². The van der Waals surface area contributed by atoms with Crippen molar-refractivity contribution in [1.29, 1.82) is 0 Å². The number of aliphatic imine (C=N–C) groups is 2. The minimum atomic E-state index is -2.57. The maximum Gasteiger partial charge on any atom is 0.331 e. The summed E-state index contributed by atoms with van der Waals surface area (Å²) in [5, 5.41) is 28.6. The van der Waals surface area contributed by atoms with Gasteiger partial charge in [-0.1, -0.05) is 25.1 Å². The molecule has 1 spiro atoms. The van der Waals surface area contributed by atoms with E-state index in [2.05, 4.69) is 20.6 Å².